The van der Waals surface area contributed by atoms with Crippen molar-refractivity contribution in [2.45, 2.75) is 4.90 Å². The number of carboxylic acid groups (broad SMARTS) is 1. The predicted octanol–water partition coefficient (Wildman–Crippen LogP) is 0.517. The minimum Gasteiger partial charge on any atom is -0.481 e. The maximum atomic E-state index is 11.9. The SMILES string of the molecule is O=C(O)C1CN(C(=O)C=CS(=O)(=O)c2ccccc2)C1. The van der Waals surface area contributed by atoms with Crippen LogP contribution in [0.3, 0.4) is 0 Å². The van der Waals surface area contributed by atoms with E-state index in [9.17, 15) is 18.0 Å². The molecule has 1 heterocycles. The van der Waals surface area contributed by atoms with Crippen LogP contribution in [-0.2, 0) is 19.4 Å². The Hall–Kier alpha value is -2.15. The molecule has 6 nitrogen and oxygen atoms in total. The van der Waals surface area contributed by atoms with E-state index in [1.165, 1.54) is 17.0 Å². The van der Waals surface area contributed by atoms with Crippen LogP contribution in [0, 0.1) is 5.92 Å². The molecule has 1 aliphatic rings. The van der Waals surface area contributed by atoms with Gasteiger partial charge in [-0.3, -0.25) is 9.59 Å². The molecule has 7 heteroatoms. The van der Waals surface area contributed by atoms with Gasteiger partial charge in [0.1, 0.15) is 0 Å². The highest BCUT2D eigenvalue weighted by Gasteiger charge is 2.34. The van der Waals surface area contributed by atoms with E-state index in [1.807, 2.05) is 0 Å². The lowest BCUT2D eigenvalue weighted by Crippen LogP contribution is -2.52. The Morgan fingerprint density at radius 3 is 2.35 bits per heavy atom. The molecule has 106 valence electrons. The minimum atomic E-state index is -3.65. The van der Waals surface area contributed by atoms with Crippen LogP contribution in [0.1, 0.15) is 0 Å². The Morgan fingerprint density at radius 2 is 1.80 bits per heavy atom. The minimum absolute atomic E-state index is 0.107. The summed E-state index contributed by atoms with van der Waals surface area (Å²) in [5.74, 6) is -2.00. The number of carboxylic acids is 1. The van der Waals surface area contributed by atoms with Crippen LogP contribution in [0.15, 0.2) is 46.7 Å². The number of carbonyl (C=O) groups is 2. The third-order valence-electron chi connectivity index (χ3n) is 3.00. The van der Waals surface area contributed by atoms with Gasteiger partial charge in [0.25, 0.3) is 0 Å². The molecule has 1 aromatic rings. The molecular weight excluding hydrogens is 282 g/mol. The summed E-state index contributed by atoms with van der Waals surface area (Å²) < 4.78 is 23.8. The van der Waals surface area contributed by atoms with E-state index in [0.717, 1.165) is 11.5 Å². The second-order valence-electron chi connectivity index (χ2n) is 4.44. The lowest BCUT2D eigenvalue weighted by Gasteiger charge is -2.35. The summed E-state index contributed by atoms with van der Waals surface area (Å²) in [7, 11) is -3.65. The monoisotopic (exact) mass is 295 g/mol. The van der Waals surface area contributed by atoms with E-state index >= 15 is 0 Å². The highest BCUT2D eigenvalue weighted by Crippen LogP contribution is 2.17. The first kappa shape index (κ1) is 14.3. The number of hydrogen-bond acceptors (Lipinski definition) is 4. The lowest BCUT2D eigenvalue weighted by atomic mass is 10.0. The number of hydrogen-bond donors (Lipinski definition) is 1. The zero-order valence-electron chi connectivity index (χ0n) is 10.5. The van der Waals surface area contributed by atoms with Crippen LogP contribution in [0.2, 0.25) is 0 Å². The van der Waals surface area contributed by atoms with Crippen LogP contribution in [0.5, 0.6) is 0 Å². The van der Waals surface area contributed by atoms with Gasteiger partial charge < -0.3 is 10.0 Å². The Balaban J connectivity index is 2.00. The molecule has 0 saturated carbocycles. The molecule has 0 aromatic heterocycles. The molecule has 0 unspecified atom stereocenters. The van der Waals surface area contributed by atoms with E-state index in [-0.39, 0.29) is 18.0 Å². The van der Waals surface area contributed by atoms with Gasteiger partial charge in [-0.1, -0.05) is 18.2 Å². The average molecular weight is 295 g/mol. The van der Waals surface area contributed by atoms with Crippen molar-refractivity contribution in [1.82, 2.24) is 4.90 Å². The average Bonchev–Trinajstić information content (AvgIpc) is 2.35. The number of sulfone groups is 1. The first-order valence-corrected chi connectivity index (χ1v) is 7.45. The van der Waals surface area contributed by atoms with Crippen molar-refractivity contribution in [3.8, 4) is 0 Å². The molecule has 1 saturated heterocycles. The number of rotatable bonds is 4. The number of amides is 1. The Morgan fingerprint density at radius 1 is 1.20 bits per heavy atom. The number of likely N-dealkylation sites (tertiary alicyclic amines) is 1. The summed E-state index contributed by atoms with van der Waals surface area (Å²) in [6.45, 7) is 0.230. The molecule has 2 rings (SSSR count). The van der Waals surface area contributed by atoms with Gasteiger partial charge >= 0.3 is 5.97 Å². The van der Waals surface area contributed by atoms with Gasteiger partial charge in [0.05, 0.1) is 10.8 Å². The fourth-order valence-electron chi connectivity index (χ4n) is 1.76. The molecule has 20 heavy (non-hydrogen) atoms. The van der Waals surface area contributed by atoms with Crippen LogP contribution in [-0.4, -0.2) is 43.4 Å². The Kier molecular flexibility index (Phi) is 3.89. The van der Waals surface area contributed by atoms with Gasteiger partial charge in [-0.15, -0.1) is 0 Å². The van der Waals surface area contributed by atoms with E-state index < -0.39 is 27.6 Å². The van der Waals surface area contributed by atoms with E-state index in [1.54, 1.807) is 18.2 Å². The summed E-state index contributed by atoms with van der Waals surface area (Å²) in [4.78, 5) is 23.6. The number of nitrogens with zero attached hydrogens (tertiary/aromatic N) is 1. The summed E-state index contributed by atoms with van der Waals surface area (Å²) in [5.41, 5.74) is 0. The van der Waals surface area contributed by atoms with Crippen molar-refractivity contribution in [3.63, 3.8) is 0 Å². The highest BCUT2D eigenvalue weighted by atomic mass is 32.2. The largest absolute Gasteiger partial charge is 0.481 e. The predicted molar refractivity (Wildman–Crippen MR) is 70.5 cm³/mol. The normalized spacial score (nSPS) is 16.1. The number of benzene rings is 1. The topological polar surface area (TPSA) is 91.8 Å². The molecule has 1 N–H and O–H groups in total. The summed E-state index contributed by atoms with van der Waals surface area (Å²) >= 11 is 0. The van der Waals surface area contributed by atoms with Crippen molar-refractivity contribution in [2.24, 2.45) is 5.92 Å². The molecule has 1 amide bonds. The van der Waals surface area contributed by atoms with Gasteiger partial charge in [0.2, 0.25) is 5.91 Å². The van der Waals surface area contributed by atoms with E-state index in [4.69, 9.17) is 5.11 Å². The Bertz CT molecular complexity index is 645. The first-order valence-electron chi connectivity index (χ1n) is 5.90. The second-order valence-corrected chi connectivity index (χ2v) is 6.27. The molecule has 0 aliphatic carbocycles. The second kappa shape index (κ2) is 5.46. The summed E-state index contributed by atoms with van der Waals surface area (Å²) in [5, 5.41) is 9.53. The fourth-order valence-corrected chi connectivity index (χ4v) is 2.75. The molecule has 1 fully saturated rings. The summed E-state index contributed by atoms with van der Waals surface area (Å²) in [6.07, 6.45) is 0.959. The zero-order chi connectivity index (χ0) is 14.8. The van der Waals surface area contributed by atoms with Crippen molar-refractivity contribution in [3.05, 3.63) is 41.8 Å². The Labute approximate surface area is 116 Å². The molecule has 0 atom stereocenters. The third kappa shape index (κ3) is 3.05. The van der Waals surface area contributed by atoms with Crippen LogP contribution in [0.25, 0.3) is 0 Å². The maximum Gasteiger partial charge on any atom is 0.310 e. The third-order valence-corrected chi connectivity index (χ3v) is 4.43. The van der Waals surface area contributed by atoms with Crippen molar-refractivity contribution >= 4 is 21.7 Å². The molecule has 0 spiro atoms. The fraction of sp³-hybridized carbons (Fsp3) is 0.231. The standard InChI is InChI=1S/C13H13NO5S/c15-12(14-8-10(9-14)13(16)17)6-7-20(18,19)11-4-2-1-3-5-11/h1-7,10H,8-9H2,(H,16,17). The van der Waals surface area contributed by atoms with Crippen LogP contribution in [0.4, 0.5) is 0 Å². The summed E-state index contributed by atoms with van der Waals surface area (Å²) in [6, 6.07) is 7.76. The quantitative estimate of drug-likeness (QED) is 0.817. The van der Waals surface area contributed by atoms with Gasteiger partial charge in [0.15, 0.2) is 9.84 Å². The first-order chi connectivity index (χ1) is 9.40. The highest BCUT2D eigenvalue weighted by molar-refractivity contribution is 7.94. The molecular formula is C13H13NO5S. The van der Waals surface area contributed by atoms with E-state index in [2.05, 4.69) is 0 Å². The zero-order valence-corrected chi connectivity index (χ0v) is 11.3. The van der Waals surface area contributed by atoms with Crippen LogP contribution >= 0.6 is 0 Å². The molecule has 0 bridgehead atoms. The molecule has 1 aromatic carbocycles. The van der Waals surface area contributed by atoms with Gasteiger partial charge in [0, 0.05) is 24.6 Å². The van der Waals surface area contributed by atoms with Crippen molar-refractivity contribution < 1.29 is 23.1 Å². The molecule has 0 radical (unpaired) electrons. The smallest absolute Gasteiger partial charge is 0.310 e. The van der Waals surface area contributed by atoms with Crippen LogP contribution < -0.4 is 0 Å². The maximum absolute atomic E-state index is 11.9. The number of aliphatic carboxylic acids is 1. The number of carbonyl (C=O) groups excluding carboxylic acids is 1. The van der Waals surface area contributed by atoms with Crippen molar-refractivity contribution in [1.29, 1.82) is 0 Å². The van der Waals surface area contributed by atoms with E-state index in [0.29, 0.717) is 0 Å². The van der Waals surface area contributed by atoms with Gasteiger partial charge in [-0.05, 0) is 12.1 Å². The van der Waals surface area contributed by atoms with Crippen molar-refractivity contribution in [2.75, 3.05) is 13.1 Å². The van der Waals surface area contributed by atoms with Gasteiger partial charge in [-0.2, -0.15) is 0 Å². The lowest BCUT2D eigenvalue weighted by molar-refractivity contribution is -0.151. The van der Waals surface area contributed by atoms with Gasteiger partial charge in [-0.25, -0.2) is 8.42 Å². The molecule has 1 aliphatic heterocycles.